The van der Waals surface area contributed by atoms with Crippen molar-refractivity contribution in [2.75, 3.05) is 6.54 Å². The number of nitrogens with two attached hydrogens (primary N) is 1. The van der Waals surface area contributed by atoms with Crippen LogP contribution >= 0.6 is 0 Å². The molecule has 2 bridgehead atoms. The van der Waals surface area contributed by atoms with Gasteiger partial charge >= 0.3 is 0 Å². The molecule has 9 heavy (non-hydrogen) atoms. The summed E-state index contributed by atoms with van der Waals surface area (Å²) in [5.41, 5.74) is 5.56. The van der Waals surface area contributed by atoms with Crippen molar-refractivity contribution in [2.45, 2.75) is 31.3 Å². The van der Waals surface area contributed by atoms with Crippen LogP contribution in [0.2, 0.25) is 0 Å². The topological polar surface area (TPSA) is 38.0 Å². The number of fused-ring (bicyclic) bond motifs is 2. The van der Waals surface area contributed by atoms with Gasteiger partial charge in [0.15, 0.2) is 0 Å². The van der Waals surface area contributed by atoms with Crippen LogP contribution in [0.3, 0.4) is 0 Å². The maximum atomic E-state index is 5.56. The summed E-state index contributed by atoms with van der Waals surface area (Å²) in [6.45, 7) is 0.898. The van der Waals surface area contributed by atoms with Gasteiger partial charge in [-0.25, -0.2) is 0 Å². The van der Waals surface area contributed by atoms with E-state index in [0.717, 1.165) is 24.5 Å². The van der Waals surface area contributed by atoms with E-state index in [9.17, 15) is 0 Å². The average Bonchev–Trinajstić information content (AvgIpc) is 1.87. The summed E-state index contributed by atoms with van der Waals surface area (Å²) in [4.78, 5) is 0. The molecule has 3 aliphatic rings. The number of nitrogens with one attached hydrogen (secondary N) is 1. The third kappa shape index (κ3) is 0.864. The molecular formula is C7H14N2. The van der Waals surface area contributed by atoms with Crippen LogP contribution in [0.5, 0.6) is 0 Å². The van der Waals surface area contributed by atoms with E-state index >= 15 is 0 Å². The largest absolute Gasteiger partial charge is 0.330 e. The van der Waals surface area contributed by atoms with Gasteiger partial charge in [0.05, 0.1) is 0 Å². The van der Waals surface area contributed by atoms with E-state index in [4.69, 9.17) is 5.73 Å². The molecule has 3 atom stereocenters. The first-order valence-electron chi connectivity index (χ1n) is 3.84. The minimum absolute atomic E-state index is 0.829. The van der Waals surface area contributed by atoms with E-state index in [0.29, 0.717) is 0 Å². The predicted molar refractivity (Wildman–Crippen MR) is 37.1 cm³/mol. The number of piperidine rings is 1. The Bertz CT molecular complexity index is 97.5. The first-order valence-corrected chi connectivity index (χ1v) is 3.84. The molecule has 0 radical (unpaired) electrons. The molecule has 1 aliphatic carbocycles. The van der Waals surface area contributed by atoms with Crippen molar-refractivity contribution in [3.8, 4) is 0 Å². The normalized spacial score (nSPS) is 48.3. The summed E-state index contributed by atoms with van der Waals surface area (Å²) in [6.07, 6.45) is 4.07. The summed E-state index contributed by atoms with van der Waals surface area (Å²) in [5.74, 6) is 0.829. The Hall–Kier alpha value is -0.0800. The van der Waals surface area contributed by atoms with Gasteiger partial charge in [0.25, 0.3) is 0 Å². The lowest BCUT2D eigenvalue weighted by molar-refractivity contribution is 0.132. The van der Waals surface area contributed by atoms with Gasteiger partial charge in [0.1, 0.15) is 0 Å². The third-order valence-corrected chi connectivity index (χ3v) is 2.61. The molecule has 0 aromatic heterocycles. The fourth-order valence-corrected chi connectivity index (χ4v) is 2.07. The van der Waals surface area contributed by atoms with Gasteiger partial charge in [-0.05, 0) is 31.7 Å². The Kier molecular flexibility index (Phi) is 1.24. The van der Waals surface area contributed by atoms with Crippen molar-refractivity contribution in [1.82, 2.24) is 5.32 Å². The summed E-state index contributed by atoms with van der Waals surface area (Å²) in [6, 6.07) is 1.66. The second kappa shape index (κ2) is 1.96. The van der Waals surface area contributed by atoms with E-state index in [-0.39, 0.29) is 0 Å². The van der Waals surface area contributed by atoms with Crippen LogP contribution in [0, 0.1) is 5.92 Å². The molecule has 0 aromatic rings. The van der Waals surface area contributed by atoms with Crippen LogP contribution < -0.4 is 11.1 Å². The van der Waals surface area contributed by atoms with Crippen molar-refractivity contribution >= 4 is 0 Å². The summed E-state index contributed by atoms with van der Waals surface area (Å²) in [5, 5.41) is 3.49. The Labute approximate surface area is 55.8 Å². The van der Waals surface area contributed by atoms with Crippen LogP contribution in [0.4, 0.5) is 0 Å². The number of hydrogen-bond donors (Lipinski definition) is 2. The molecule has 0 aromatic carbocycles. The van der Waals surface area contributed by atoms with Gasteiger partial charge in [-0.2, -0.15) is 0 Å². The van der Waals surface area contributed by atoms with Crippen LogP contribution in [0.15, 0.2) is 0 Å². The van der Waals surface area contributed by atoms with Gasteiger partial charge in [-0.15, -0.1) is 0 Å². The van der Waals surface area contributed by atoms with E-state index in [1.54, 1.807) is 0 Å². The Morgan fingerprint density at radius 3 is 2.11 bits per heavy atom. The van der Waals surface area contributed by atoms with Crippen molar-refractivity contribution < 1.29 is 0 Å². The quantitative estimate of drug-likeness (QED) is 0.522. The van der Waals surface area contributed by atoms with E-state index in [2.05, 4.69) is 5.32 Å². The monoisotopic (exact) mass is 126 g/mol. The molecule has 3 rings (SSSR count). The molecule has 2 heterocycles. The minimum Gasteiger partial charge on any atom is -0.330 e. The van der Waals surface area contributed by atoms with Gasteiger partial charge in [-0.3, -0.25) is 0 Å². The fourth-order valence-electron chi connectivity index (χ4n) is 2.07. The SMILES string of the molecule is NCC1C[C@@H]2C[C@H](C1)N2. The molecule has 52 valence electrons. The smallest absolute Gasteiger partial charge is 0.00876 e. The molecule has 2 saturated heterocycles. The fraction of sp³-hybridized carbons (Fsp3) is 1.00. The summed E-state index contributed by atoms with van der Waals surface area (Å²) in [7, 11) is 0. The lowest BCUT2D eigenvalue weighted by Crippen LogP contribution is -2.58. The van der Waals surface area contributed by atoms with E-state index in [1.807, 2.05) is 0 Å². The molecule has 0 spiro atoms. The second-order valence-corrected chi connectivity index (χ2v) is 3.37. The number of rotatable bonds is 1. The lowest BCUT2D eigenvalue weighted by Gasteiger charge is -2.46. The van der Waals surface area contributed by atoms with Crippen molar-refractivity contribution in [1.29, 1.82) is 0 Å². The molecule has 3 fully saturated rings. The molecule has 3 N–H and O–H groups in total. The van der Waals surface area contributed by atoms with Crippen LogP contribution in [-0.2, 0) is 0 Å². The standard InChI is InChI=1S/C7H14N2/c8-4-5-1-6-3-7(2-5)9-6/h5-7,9H,1-4,8H2/t5?,6-,7+. The highest BCUT2D eigenvalue weighted by Crippen LogP contribution is 2.31. The zero-order chi connectivity index (χ0) is 6.27. The van der Waals surface area contributed by atoms with Gasteiger partial charge in [-0.1, -0.05) is 0 Å². The maximum Gasteiger partial charge on any atom is 0.00876 e. The summed E-state index contributed by atoms with van der Waals surface area (Å²) >= 11 is 0. The van der Waals surface area contributed by atoms with Crippen LogP contribution in [0.1, 0.15) is 19.3 Å². The Balaban J connectivity index is 1.89. The molecule has 2 heteroatoms. The van der Waals surface area contributed by atoms with Crippen molar-refractivity contribution in [3.05, 3.63) is 0 Å². The third-order valence-electron chi connectivity index (χ3n) is 2.61. The minimum atomic E-state index is 0.829. The predicted octanol–water partition coefficient (Wildman–Crippen LogP) is 0.0856. The number of hydrogen-bond acceptors (Lipinski definition) is 2. The molecular weight excluding hydrogens is 112 g/mol. The molecule has 2 nitrogen and oxygen atoms in total. The maximum absolute atomic E-state index is 5.56. The second-order valence-electron chi connectivity index (χ2n) is 3.37. The van der Waals surface area contributed by atoms with Gasteiger partial charge in [0.2, 0.25) is 0 Å². The highest BCUT2D eigenvalue weighted by molar-refractivity contribution is 4.96. The highest BCUT2D eigenvalue weighted by atomic mass is 15.0. The van der Waals surface area contributed by atoms with E-state index in [1.165, 1.54) is 19.3 Å². The van der Waals surface area contributed by atoms with E-state index < -0.39 is 0 Å². The van der Waals surface area contributed by atoms with Crippen molar-refractivity contribution in [3.63, 3.8) is 0 Å². The Morgan fingerprint density at radius 1 is 1.22 bits per heavy atom. The van der Waals surface area contributed by atoms with Gasteiger partial charge < -0.3 is 11.1 Å². The van der Waals surface area contributed by atoms with Crippen molar-refractivity contribution in [2.24, 2.45) is 11.7 Å². The van der Waals surface area contributed by atoms with Gasteiger partial charge in [0, 0.05) is 12.1 Å². The first-order chi connectivity index (χ1) is 4.38. The zero-order valence-electron chi connectivity index (χ0n) is 5.64. The highest BCUT2D eigenvalue weighted by Gasteiger charge is 2.36. The molecule has 2 aliphatic heterocycles. The van der Waals surface area contributed by atoms with Crippen LogP contribution in [-0.4, -0.2) is 18.6 Å². The molecule has 0 amide bonds. The first kappa shape index (κ1) is 5.69. The Morgan fingerprint density at radius 2 is 1.78 bits per heavy atom. The lowest BCUT2D eigenvalue weighted by atomic mass is 9.76. The molecule has 1 saturated carbocycles. The van der Waals surface area contributed by atoms with Crippen LogP contribution in [0.25, 0.3) is 0 Å². The molecule has 1 unspecified atom stereocenters. The zero-order valence-corrected chi connectivity index (χ0v) is 5.64. The summed E-state index contributed by atoms with van der Waals surface area (Å²) < 4.78 is 0. The average molecular weight is 126 g/mol.